The molecule has 0 N–H and O–H groups in total. The molecule has 33 heavy (non-hydrogen) atoms. The molecule has 3 aromatic rings. The molecule has 8 heteroatoms. The fraction of sp³-hybridized carbons (Fsp3) is 0.440. The van der Waals surface area contributed by atoms with Gasteiger partial charge < -0.3 is 19.1 Å². The molecular formula is C25H32N4O4. The van der Waals surface area contributed by atoms with E-state index in [1.165, 1.54) is 5.69 Å². The summed E-state index contributed by atoms with van der Waals surface area (Å²) in [4.78, 5) is 21.6. The number of esters is 1. The molecule has 0 radical (unpaired) electrons. The third kappa shape index (κ3) is 5.71. The average molecular weight is 453 g/mol. The Morgan fingerprint density at radius 2 is 1.82 bits per heavy atom. The van der Waals surface area contributed by atoms with E-state index in [9.17, 15) is 4.79 Å². The van der Waals surface area contributed by atoms with E-state index in [0.29, 0.717) is 12.2 Å². The molecular weight excluding hydrogens is 420 g/mol. The lowest BCUT2D eigenvalue weighted by atomic mass is 10.2. The van der Waals surface area contributed by atoms with Gasteiger partial charge in [0.05, 0.1) is 29.8 Å². The number of fused-ring (bicyclic) bond motifs is 1. The predicted molar refractivity (Wildman–Crippen MR) is 128 cm³/mol. The summed E-state index contributed by atoms with van der Waals surface area (Å²) >= 11 is 0. The van der Waals surface area contributed by atoms with Crippen LogP contribution in [0.4, 0.5) is 5.69 Å². The van der Waals surface area contributed by atoms with Gasteiger partial charge in [-0.3, -0.25) is 9.47 Å². The van der Waals surface area contributed by atoms with Crippen molar-refractivity contribution in [3.05, 3.63) is 54.4 Å². The monoisotopic (exact) mass is 452 g/mol. The molecule has 0 bridgehead atoms. The first kappa shape index (κ1) is 23.2. The Bertz CT molecular complexity index is 1060. The summed E-state index contributed by atoms with van der Waals surface area (Å²) in [6, 6.07) is 14.0. The lowest BCUT2D eigenvalue weighted by molar-refractivity contribution is 0.0388. The van der Waals surface area contributed by atoms with Gasteiger partial charge in [0, 0.05) is 57.8 Å². The van der Waals surface area contributed by atoms with Gasteiger partial charge in [-0.25, -0.2) is 9.78 Å². The van der Waals surface area contributed by atoms with Crippen molar-refractivity contribution in [2.75, 3.05) is 71.2 Å². The van der Waals surface area contributed by atoms with Gasteiger partial charge in [0.15, 0.2) is 0 Å². The molecule has 0 aliphatic carbocycles. The first-order valence-corrected chi connectivity index (χ1v) is 11.5. The zero-order chi connectivity index (χ0) is 23.0. The van der Waals surface area contributed by atoms with Gasteiger partial charge in [0.2, 0.25) is 0 Å². The van der Waals surface area contributed by atoms with E-state index in [1.54, 1.807) is 25.6 Å². The Kier molecular flexibility index (Phi) is 7.93. The number of carbonyl (C=O) groups excluding carboxylic acids is 1. The van der Waals surface area contributed by atoms with Crippen molar-refractivity contribution in [3.8, 4) is 5.69 Å². The summed E-state index contributed by atoms with van der Waals surface area (Å²) in [6.45, 7) is 9.27. The lowest BCUT2D eigenvalue weighted by Gasteiger charge is -2.36. The number of hydrogen-bond acceptors (Lipinski definition) is 7. The molecule has 1 aromatic heterocycles. The third-order valence-corrected chi connectivity index (χ3v) is 5.90. The second-order valence-electron chi connectivity index (χ2n) is 7.99. The first-order chi connectivity index (χ1) is 16.2. The van der Waals surface area contributed by atoms with Crippen LogP contribution in [0.3, 0.4) is 0 Å². The zero-order valence-electron chi connectivity index (χ0n) is 19.4. The van der Waals surface area contributed by atoms with E-state index in [2.05, 4.69) is 43.6 Å². The van der Waals surface area contributed by atoms with Crippen molar-refractivity contribution >= 4 is 22.7 Å². The van der Waals surface area contributed by atoms with E-state index < -0.39 is 0 Å². The number of carbonyl (C=O) groups is 1. The minimum absolute atomic E-state index is 0.232. The minimum Gasteiger partial charge on any atom is -0.460 e. The van der Waals surface area contributed by atoms with Crippen LogP contribution in [0.2, 0.25) is 0 Å². The number of imidazole rings is 1. The van der Waals surface area contributed by atoms with Crippen LogP contribution in [0.15, 0.2) is 48.8 Å². The van der Waals surface area contributed by atoms with Gasteiger partial charge in [-0.2, -0.15) is 0 Å². The number of aromatic nitrogens is 2. The maximum atomic E-state index is 12.2. The fourth-order valence-corrected chi connectivity index (χ4v) is 4.05. The summed E-state index contributed by atoms with van der Waals surface area (Å²) in [7, 11) is 1.57. The SMILES string of the molecule is CCOCCN1CCN(c2cccc(-n3cnc4cc(C(=O)OCCOC)ccc43)c2)CC1. The summed E-state index contributed by atoms with van der Waals surface area (Å²) in [5, 5.41) is 0. The largest absolute Gasteiger partial charge is 0.460 e. The van der Waals surface area contributed by atoms with Crippen molar-refractivity contribution < 1.29 is 19.0 Å². The molecule has 2 heterocycles. The molecule has 0 spiro atoms. The Labute approximate surface area is 194 Å². The van der Waals surface area contributed by atoms with Crippen LogP contribution >= 0.6 is 0 Å². The van der Waals surface area contributed by atoms with Gasteiger partial charge in [-0.05, 0) is 43.3 Å². The van der Waals surface area contributed by atoms with Crippen molar-refractivity contribution in [3.63, 3.8) is 0 Å². The summed E-state index contributed by atoms with van der Waals surface area (Å²) in [6.07, 6.45) is 1.80. The highest BCUT2D eigenvalue weighted by Crippen LogP contribution is 2.24. The topological polar surface area (TPSA) is 69.1 Å². The van der Waals surface area contributed by atoms with Crippen LogP contribution < -0.4 is 4.90 Å². The smallest absolute Gasteiger partial charge is 0.338 e. The van der Waals surface area contributed by atoms with Crippen molar-refractivity contribution in [1.29, 1.82) is 0 Å². The standard InChI is InChI=1S/C25H32N4O4/c1-3-32-14-13-27-9-11-28(12-10-27)21-5-4-6-22(18-21)29-19-26-23-17-20(7-8-24(23)29)25(30)33-16-15-31-2/h4-8,17-19H,3,9-16H2,1-2H3. The maximum absolute atomic E-state index is 12.2. The number of benzene rings is 2. The second kappa shape index (κ2) is 11.3. The Morgan fingerprint density at radius 1 is 1.00 bits per heavy atom. The summed E-state index contributed by atoms with van der Waals surface area (Å²) in [5.41, 5.74) is 4.44. The number of anilines is 1. The highest BCUT2D eigenvalue weighted by Gasteiger charge is 2.18. The van der Waals surface area contributed by atoms with Gasteiger partial charge in [0.1, 0.15) is 12.9 Å². The van der Waals surface area contributed by atoms with E-state index in [-0.39, 0.29) is 12.6 Å². The van der Waals surface area contributed by atoms with Crippen LogP contribution in [0.5, 0.6) is 0 Å². The summed E-state index contributed by atoms with van der Waals surface area (Å²) < 4.78 is 17.7. The Morgan fingerprint density at radius 3 is 2.61 bits per heavy atom. The second-order valence-corrected chi connectivity index (χ2v) is 7.99. The molecule has 0 saturated carbocycles. The van der Waals surface area contributed by atoms with Gasteiger partial charge >= 0.3 is 5.97 Å². The minimum atomic E-state index is -0.370. The third-order valence-electron chi connectivity index (χ3n) is 5.90. The Balaban J connectivity index is 1.45. The van der Waals surface area contributed by atoms with Crippen molar-refractivity contribution in [2.45, 2.75) is 6.92 Å². The zero-order valence-corrected chi connectivity index (χ0v) is 19.4. The molecule has 2 aromatic carbocycles. The number of piperazine rings is 1. The number of methoxy groups -OCH3 is 1. The Hall–Kier alpha value is -2.94. The number of rotatable bonds is 10. The first-order valence-electron chi connectivity index (χ1n) is 11.5. The van der Waals surface area contributed by atoms with Crippen LogP contribution in [0.25, 0.3) is 16.7 Å². The van der Waals surface area contributed by atoms with E-state index >= 15 is 0 Å². The van der Waals surface area contributed by atoms with Crippen molar-refractivity contribution in [1.82, 2.24) is 14.5 Å². The van der Waals surface area contributed by atoms with Crippen LogP contribution in [-0.4, -0.2) is 86.7 Å². The van der Waals surface area contributed by atoms with Crippen LogP contribution in [0.1, 0.15) is 17.3 Å². The summed E-state index contributed by atoms with van der Waals surface area (Å²) in [5.74, 6) is -0.370. The molecule has 1 fully saturated rings. The van der Waals surface area contributed by atoms with Gasteiger partial charge in [0.25, 0.3) is 0 Å². The quantitative estimate of drug-likeness (QED) is 0.346. The van der Waals surface area contributed by atoms with E-state index in [1.807, 2.05) is 13.0 Å². The number of ether oxygens (including phenoxy) is 3. The molecule has 176 valence electrons. The van der Waals surface area contributed by atoms with Gasteiger partial charge in [-0.15, -0.1) is 0 Å². The van der Waals surface area contributed by atoms with E-state index in [0.717, 1.165) is 62.7 Å². The predicted octanol–water partition coefficient (Wildman–Crippen LogP) is 2.99. The number of nitrogens with zero attached hydrogens (tertiary/aromatic N) is 4. The molecule has 0 amide bonds. The fourth-order valence-electron chi connectivity index (χ4n) is 4.05. The highest BCUT2D eigenvalue weighted by atomic mass is 16.6. The van der Waals surface area contributed by atoms with Crippen LogP contribution in [0, 0.1) is 0 Å². The van der Waals surface area contributed by atoms with Gasteiger partial charge in [-0.1, -0.05) is 6.07 Å². The van der Waals surface area contributed by atoms with Crippen LogP contribution in [-0.2, 0) is 14.2 Å². The molecule has 1 aliphatic rings. The highest BCUT2D eigenvalue weighted by molar-refractivity contribution is 5.94. The lowest BCUT2D eigenvalue weighted by Crippen LogP contribution is -2.47. The average Bonchev–Trinajstić information content (AvgIpc) is 3.28. The molecule has 1 aliphatic heterocycles. The number of hydrogen-bond donors (Lipinski definition) is 0. The normalized spacial score (nSPS) is 14.7. The molecule has 4 rings (SSSR count). The molecule has 0 unspecified atom stereocenters. The molecule has 1 saturated heterocycles. The molecule has 0 atom stereocenters. The maximum Gasteiger partial charge on any atom is 0.338 e. The molecule has 8 nitrogen and oxygen atoms in total. The van der Waals surface area contributed by atoms with E-state index in [4.69, 9.17) is 14.2 Å². The van der Waals surface area contributed by atoms with Crippen molar-refractivity contribution in [2.24, 2.45) is 0 Å².